The van der Waals surface area contributed by atoms with E-state index in [0.29, 0.717) is 77.0 Å². The van der Waals surface area contributed by atoms with E-state index in [1.54, 1.807) is 20.8 Å². The fraction of sp³-hybridized carbons (Fsp3) is 0.852. The molecular weight excluding hydrogens is 919 g/mol. The number of unbranched alkanes of at least 4 members (excludes halogenated alkanes) is 18. The van der Waals surface area contributed by atoms with Crippen molar-refractivity contribution in [3.05, 3.63) is 0 Å². The van der Waals surface area contributed by atoms with Gasteiger partial charge in [-0.05, 0) is 97.8 Å². The van der Waals surface area contributed by atoms with Crippen molar-refractivity contribution in [2.75, 3.05) is 53.2 Å². The van der Waals surface area contributed by atoms with E-state index in [1.165, 1.54) is 7.05 Å². The van der Waals surface area contributed by atoms with Crippen LogP contribution in [0, 0.1) is 0 Å². The van der Waals surface area contributed by atoms with Gasteiger partial charge in [-0.25, -0.2) is 9.59 Å². The maximum atomic E-state index is 14.1. The van der Waals surface area contributed by atoms with Crippen molar-refractivity contribution >= 4 is 47.9 Å². The monoisotopic (exact) mass is 1010 g/mol. The Bertz CT molecular complexity index is 1420. The van der Waals surface area contributed by atoms with Crippen LogP contribution in [0.25, 0.3) is 0 Å². The molecule has 412 valence electrons. The fourth-order valence-corrected chi connectivity index (χ4v) is 7.05. The quantitative estimate of drug-likeness (QED) is 0.0315. The number of rotatable bonds is 45. The van der Waals surface area contributed by atoms with Gasteiger partial charge in [-0.1, -0.05) is 97.8 Å². The van der Waals surface area contributed by atoms with E-state index in [0.717, 1.165) is 101 Å². The summed E-state index contributed by atoms with van der Waals surface area (Å²) in [6.45, 7) is 11.7. The highest BCUT2D eigenvalue weighted by molar-refractivity contribution is 5.92. The second-order valence-electron chi connectivity index (χ2n) is 19.4. The summed E-state index contributed by atoms with van der Waals surface area (Å²) in [5, 5.41) is 0. The molecule has 0 rings (SSSR count). The Morgan fingerprint density at radius 2 is 0.662 bits per heavy atom. The zero-order valence-electron chi connectivity index (χ0n) is 45.1. The summed E-state index contributed by atoms with van der Waals surface area (Å²) in [5.41, 5.74) is -3.29. The Labute approximate surface area is 426 Å². The van der Waals surface area contributed by atoms with Gasteiger partial charge in [-0.2, -0.15) is 0 Å². The van der Waals surface area contributed by atoms with Crippen LogP contribution in [0.4, 0.5) is 4.79 Å². The first kappa shape index (κ1) is 66.6. The number of carbonyl (C=O) groups is 8. The number of ether oxygens (including phenoxy) is 8. The van der Waals surface area contributed by atoms with Crippen molar-refractivity contribution in [2.24, 2.45) is 0 Å². The first-order valence-corrected chi connectivity index (χ1v) is 27.1. The van der Waals surface area contributed by atoms with Gasteiger partial charge >= 0.3 is 47.9 Å². The normalized spacial score (nSPS) is 11.3. The molecule has 1 amide bonds. The highest BCUT2D eigenvalue weighted by Crippen LogP contribution is 2.27. The molecule has 0 fully saturated rings. The molecule has 0 atom stereocenters. The lowest BCUT2D eigenvalue weighted by Gasteiger charge is -2.30. The fourth-order valence-electron chi connectivity index (χ4n) is 7.05. The van der Waals surface area contributed by atoms with Gasteiger partial charge in [0.05, 0.1) is 58.9 Å². The lowest BCUT2D eigenvalue weighted by atomic mass is 9.94. The van der Waals surface area contributed by atoms with Crippen molar-refractivity contribution in [1.29, 1.82) is 0 Å². The molecule has 0 bridgehead atoms. The van der Waals surface area contributed by atoms with Crippen LogP contribution >= 0.6 is 0 Å². The molecule has 0 radical (unpaired) electrons. The predicted octanol–water partition coefficient (Wildman–Crippen LogP) is 11.2. The smallest absolute Gasteiger partial charge is 0.410 e. The van der Waals surface area contributed by atoms with E-state index < -0.39 is 60.4 Å². The lowest BCUT2D eigenvalue weighted by molar-refractivity contribution is -0.191. The van der Waals surface area contributed by atoms with Gasteiger partial charge in [0.15, 0.2) is 0 Å². The molecule has 0 saturated carbocycles. The Kier molecular flexibility index (Phi) is 40.5. The van der Waals surface area contributed by atoms with Gasteiger partial charge in [0.2, 0.25) is 5.60 Å². The van der Waals surface area contributed by atoms with E-state index in [9.17, 15) is 38.4 Å². The number of hydrogen-bond donors (Lipinski definition) is 0. The molecule has 0 unspecified atom stereocenters. The van der Waals surface area contributed by atoms with E-state index in [2.05, 4.69) is 20.8 Å². The van der Waals surface area contributed by atoms with Gasteiger partial charge in [-0.3, -0.25) is 28.8 Å². The average molecular weight is 1010 g/mol. The summed E-state index contributed by atoms with van der Waals surface area (Å²) >= 11 is 0. The summed E-state index contributed by atoms with van der Waals surface area (Å²) in [7, 11) is 1.42. The Morgan fingerprint density at radius 1 is 0.352 bits per heavy atom. The highest BCUT2D eigenvalue weighted by atomic mass is 16.6. The van der Waals surface area contributed by atoms with E-state index in [4.69, 9.17) is 37.9 Å². The van der Waals surface area contributed by atoms with Gasteiger partial charge in [-0.15, -0.1) is 0 Å². The minimum absolute atomic E-state index is 0.0634. The Morgan fingerprint density at radius 3 is 1.00 bits per heavy atom. The molecule has 0 aliphatic heterocycles. The van der Waals surface area contributed by atoms with E-state index >= 15 is 0 Å². The molecule has 0 aromatic rings. The summed E-state index contributed by atoms with van der Waals surface area (Å²) in [6.07, 6.45) is 18.0. The van der Waals surface area contributed by atoms with Gasteiger partial charge in [0, 0.05) is 32.9 Å². The van der Waals surface area contributed by atoms with E-state index in [1.807, 2.05) is 0 Å². The van der Waals surface area contributed by atoms with Crippen LogP contribution in [0.5, 0.6) is 0 Å². The number of nitrogens with zero attached hydrogens (tertiary/aromatic N) is 1. The Hall–Kier alpha value is -4.44. The first-order chi connectivity index (χ1) is 34.0. The van der Waals surface area contributed by atoms with E-state index in [-0.39, 0.29) is 64.1 Å². The van der Waals surface area contributed by atoms with Gasteiger partial charge in [0.25, 0.3) is 0 Å². The number of esters is 7. The third-order valence-electron chi connectivity index (χ3n) is 11.3. The van der Waals surface area contributed by atoms with Crippen LogP contribution in [0.15, 0.2) is 0 Å². The van der Waals surface area contributed by atoms with Crippen molar-refractivity contribution in [1.82, 2.24) is 4.90 Å². The second kappa shape index (κ2) is 43.2. The second-order valence-corrected chi connectivity index (χ2v) is 19.4. The third-order valence-corrected chi connectivity index (χ3v) is 11.3. The molecule has 0 spiro atoms. The van der Waals surface area contributed by atoms with Crippen molar-refractivity contribution < 1.29 is 76.3 Å². The number of amides is 1. The minimum Gasteiger partial charge on any atom is -0.466 e. The minimum atomic E-state index is -2.49. The van der Waals surface area contributed by atoms with Gasteiger partial charge < -0.3 is 42.8 Å². The van der Waals surface area contributed by atoms with Crippen molar-refractivity contribution in [3.63, 3.8) is 0 Å². The maximum absolute atomic E-state index is 14.1. The average Bonchev–Trinajstić information content (AvgIpc) is 3.31. The summed E-state index contributed by atoms with van der Waals surface area (Å²) < 4.78 is 43.7. The van der Waals surface area contributed by atoms with Crippen LogP contribution < -0.4 is 0 Å². The van der Waals surface area contributed by atoms with Crippen LogP contribution in [0.1, 0.15) is 234 Å². The SMILES string of the molecule is CCCCCCCC(=O)OCCCCCOC(=O)CC(CC(=O)OCCCCCOC(=O)CCCCCCC)(OC(=O)CCN(C)C(=O)OC(C)(C)C)C(=O)OCCCCCOC(=O)CCCCCCC. The van der Waals surface area contributed by atoms with Crippen LogP contribution in [0.2, 0.25) is 0 Å². The van der Waals surface area contributed by atoms with Crippen LogP contribution in [0.3, 0.4) is 0 Å². The largest absolute Gasteiger partial charge is 0.466 e. The summed E-state index contributed by atoms with van der Waals surface area (Å²) in [6, 6.07) is 0. The topological polar surface area (TPSA) is 214 Å². The number of hydrogen-bond acceptors (Lipinski definition) is 16. The highest BCUT2D eigenvalue weighted by Gasteiger charge is 2.49. The lowest BCUT2D eigenvalue weighted by Crippen LogP contribution is -2.49. The third kappa shape index (κ3) is 39.8. The summed E-state index contributed by atoms with van der Waals surface area (Å²) in [4.78, 5) is 105. The van der Waals surface area contributed by atoms with Crippen molar-refractivity contribution in [3.8, 4) is 0 Å². The molecule has 71 heavy (non-hydrogen) atoms. The molecule has 17 nitrogen and oxygen atoms in total. The molecule has 0 saturated heterocycles. The zero-order chi connectivity index (χ0) is 53.0. The molecule has 0 aromatic heterocycles. The van der Waals surface area contributed by atoms with Crippen LogP contribution in [-0.2, 0) is 71.5 Å². The van der Waals surface area contributed by atoms with Crippen LogP contribution in [-0.4, -0.2) is 117 Å². The zero-order valence-corrected chi connectivity index (χ0v) is 45.1. The molecule has 0 aliphatic carbocycles. The first-order valence-electron chi connectivity index (χ1n) is 27.1. The Balaban J connectivity index is 5.80. The van der Waals surface area contributed by atoms with Gasteiger partial charge in [0.1, 0.15) is 5.60 Å². The molecule has 0 aliphatic rings. The summed E-state index contributed by atoms with van der Waals surface area (Å²) in [5.74, 6) is -4.79. The molecule has 0 N–H and O–H groups in total. The molecular formula is C54H95NO16. The molecule has 17 heteroatoms. The predicted molar refractivity (Wildman–Crippen MR) is 269 cm³/mol. The van der Waals surface area contributed by atoms with Crippen molar-refractivity contribution in [2.45, 2.75) is 245 Å². The standard InChI is InChI=1S/C54H95NO16/c1-8-11-14-17-23-32-45(56)64-37-26-20-29-40-67-49(60)43-54(70-48(59)35-36-55(7)52(63)71-53(4,5)6,51(62)69-42-31-22-28-39-66-47(58)34-25-19-16-13-10-3)44-50(61)68-41-30-21-27-38-65-46(57)33-24-18-15-12-9-2/h8-44H2,1-7H3. The maximum Gasteiger partial charge on any atom is 0.410 e. The number of carbonyl (C=O) groups excluding carboxylic acids is 8. The molecule has 0 heterocycles. The molecule has 0 aromatic carbocycles.